The van der Waals surface area contributed by atoms with Gasteiger partial charge in [-0.1, -0.05) is 38.3 Å². The maximum atomic E-state index is 5.93. The summed E-state index contributed by atoms with van der Waals surface area (Å²) in [4.78, 5) is 4.22. The van der Waals surface area contributed by atoms with Gasteiger partial charge < -0.3 is 19.9 Å². The third-order valence-electron chi connectivity index (χ3n) is 4.34. The number of hydrogen-bond donors (Lipinski definition) is 2. The van der Waals surface area contributed by atoms with E-state index in [-0.39, 0.29) is 0 Å². The second-order valence-corrected chi connectivity index (χ2v) is 6.71. The van der Waals surface area contributed by atoms with Gasteiger partial charge >= 0.3 is 0 Å². The van der Waals surface area contributed by atoms with Crippen LogP contribution in [0.1, 0.15) is 69.7 Å². The smallest absolute Gasteiger partial charge is 0.191 e. The average molecular weight is 336 g/mol. The Morgan fingerprint density at radius 1 is 1.33 bits per heavy atom. The topological polar surface area (TPSA) is 71.7 Å². The van der Waals surface area contributed by atoms with E-state index in [0.717, 1.165) is 37.0 Å². The molecule has 1 aromatic heterocycles. The Hall–Kier alpha value is -1.56. The van der Waals surface area contributed by atoms with Crippen LogP contribution in [0, 0.1) is 0 Å². The van der Waals surface area contributed by atoms with Gasteiger partial charge in [0.15, 0.2) is 11.7 Å². The molecule has 0 saturated heterocycles. The summed E-state index contributed by atoms with van der Waals surface area (Å²) in [5, 5.41) is 10.6. The van der Waals surface area contributed by atoms with Crippen molar-refractivity contribution in [3.05, 3.63) is 17.5 Å². The summed E-state index contributed by atoms with van der Waals surface area (Å²) >= 11 is 0. The second-order valence-electron chi connectivity index (χ2n) is 6.71. The number of nitrogens with one attached hydrogen (secondary N) is 2. The third-order valence-corrected chi connectivity index (χ3v) is 4.34. The zero-order valence-corrected chi connectivity index (χ0v) is 15.3. The van der Waals surface area contributed by atoms with Crippen molar-refractivity contribution in [2.45, 2.75) is 70.9 Å². The highest BCUT2D eigenvalue weighted by atomic mass is 16.5. The lowest BCUT2D eigenvalue weighted by molar-refractivity contribution is 0.0277. The standard InChI is InChI=1S/C18H32N4O2/c1-14(2)17-12-16(24-22-17)13-21-18(19-3)20-10-7-11-23-15-8-5-4-6-9-15/h12,14-15H,4-11,13H2,1-3H3,(H2,19,20,21). The number of aromatic nitrogens is 1. The molecule has 2 N–H and O–H groups in total. The molecule has 136 valence electrons. The van der Waals surface area contributed by atoms with Crippen molar-refractivity contribution in [1.29, 1.82) is 0 Å². The van der Waals surface area contributed by atoms with E-state index in [4.69, 9.17) is 9.26 Å². The molecule has 0 bridgehead atoms. The normalized spacial score (nSPS) is 16.6. The van der Waals surface area contributed by atoms with E-state index in [9.17, 15) is 0 Å². The van der Waals surface area contributed by atoms with Crippen molar-refractivity contribution in [2.75, 3.05) is 20.2 Å². The van der Waals surface area contributed by atoms with Crippen molar-refractivity contribution >= 4 is 5.96 Å². The molecule has 1 heterocycles. The van der Waals surface area contributed by atoms with Gasteiger partial charge in [0.2, 0.25) is 0 Å². The van der Waals surface area contributed by atoms with Crippen LogP contribution in [0.2, 0.25) is 0 Å². The molecule has 6 heteroatoms. The lowest BCUT2D eigenvalue weighted by Gasteiger charge is -2.22. The average Bonchev–Trinajstić information content (AvgIpc) is 3.07. The monoisotopic (exact) mass is 336 g/mol. The minimum Gasteiger partial charge on any atom is -0.378 e. The predicted molar refractivity (Wildman–Crippen MR) is 96.2 cm³/mol. The maximum absolute atomic E-state index is 5.93. The van der Waals surface area contributed by atoms with Crippen molar-refractivity contribution in [3.63, 3.8) is 0 Å². The molecule has 0 spiro atoms. The SMILES string of the molecule is CN=C(NCCCOC1CCCCC1)NCc1cc(C(C)C)no1. The van der Waals surface area contributed by atoms with E-state index in [1.165, 1.54) is 32.1 Å². The van der Waals surface area contributed by atoms with Crippen LogP contribution >= 0.6 is 0 Å². The summed E-state index contributed by atoms with van der Waals surface area (Å²) in [5.41, 5.74) is 0.981. The fraction of sp³-hybridized carbons (Fsp3) is 0.778. The quantitative estimate of drug-likeness (QED) is 0.433. The van der Waals surface area contributed by atoms with Gasteiger partial charge in [0.1, 0.15) is 0 Å². The zero-order valence-electron chi connectivity index (χ0n) is 15.3. The second kappa shape index (κ2) is 10.3. The predicted octanol–water partition coefficient (Wildman–Crippen LogP) is 3.20. The fourth-order valence-corrected chi connectivity index (χ4v) is 2.84. The Morgan fingerprint density at radius 2 is 2.12 bits per heavy atom. The first kappa shape index (κ1) is 18.8. The molecule has 6 nitrogen and oxygen atoms in total. The Bertz CT molecular complexity index is 493. The Kier molecular flexibility index (Phi) is 8.08. The van der Waals surface area contributed by atoms with Gasteiger partial charge in [-0.25, -0.2) is 0 Å². The molecular weight excluding hydrogens is 304 g/mol. The summed E-state index contributed by atoms with van der Waals surface area (Å²) in [7, 11) is 1.77. The van der Waals surface area contributed by atoms with Gasteiger partial charge in [-0.2, -0.15) is 0 Å². The van der Waals surface area contributed by atoms with E-state index in [1.54, 1.807) is 7.05 Å². The molecule has 1 saturated carbocycles. The molecule has 0 radical (unpaired) electrons. The molecule has 1 fully saturated rings. The molecule has 1 aliphatic carbocycles. The van der Waals surface area contributed by atoms with Gasteiger partial charge in [-0.05, 0) is 25.2 Å². The van der Waals surface area contributed by atoms with Crippen LogP contribution in [0.4, 0.5) is 0 Å². The van der Waals surface area contributed by atoms with Gasteiger partial charge in [-0.3, -0.25) is 4.99 Å². The molecule has 0 aliphatic heterocycles. The first-order valence-electron chi connectivity index (χ1n) is 9.20. The number of aliphatic imine (C=N–C) groups is 1. The summed E-state index contributed by atoms with van der Waals surface area (Å²) in [6.45, 7) is 6.45. The van der Waals surface area contributed by atoms with Gasteiger partial charge in [-0.15, -0.1) is 0 Å². The van der Waals surface area contributed by atoms with Crippen LogP contribution in [0.15, 0.2) is 15.6 Å². The number of ether oxygens (including phenoxy) is 1. The summed E-state index contributed by atoms with van der Waals surface area (Å²) in [6, 6.07) is 1.99. The first-order valence-corrected chi connectivity index (χ1v) is 9.20. The molecule has 0 unspecified atom stereocenters. The van der Waals surface area contributed by atoms with Crippen molar-refractivity contribution in [3.8, 4) is 0 Å². The molecule has 24 heavy (non-hydrogen) atoms. The number of nitrogens with zero attached hydrogens (tertiary/aromatic N) is 2. The van der Waals surface area contributed by atoms with Gasteiger partial charge in [0.25, 0.3) is 0 Å². The van der Waals surface area contributed by atoms with Crippen molar-refractivity contribution < 1.29 is 9.26 Å². The largest absolute Gasteiger partial charge is 0.378 e. The first-order chi connectivity index (χ1) is 11.7. The Morgan fingerprint density at radius 3 is 2.79 bits per heavy atom. The summed E-state index contributed by atoms with van der Waals surface area (Å²) in [6.07, 6.45) is 7.93. The summed E-state index contributed by atoms with van der Waals surface area (Å²) in [5.74, 6) is 1.97. The number of rotatable bonds is 8. The van der Waals surface area contributed by atoms with E-state index >= 15 is 0 Å². The van der Waals surface area contributed by atoms with Crippen LogP contribution in [0.25, 0.3) is 0 Å². The molecule has 0 atom stereocenters. The van der Waals surface area contributed by atoms with Crippen molar-refractivity contribution in [2.24, 2.45) is 4.99 Å². The van der Waals surface area contributed by atoms with Crippen LogP contribution in [0.5, 0.6) is 0 Å². The number of hydrogen-bond acceptors (Lipinski definition) is 4. The van der Waals surface area contributed by atoms with Crippen molar-refractivity contribution in [1.82, 2.24) is 15.8 Å². The number of guanidine groups is 1. The van der Waals surface area contributed by atoms with Crippen LogP contribution < -0.4 is 10.6 Å². The Labute approximate surface area is 145 Å². The minimum absolute atomic E-state index is 0.379. The fourth-order valence-electron chi connectivity index (χ4n) is 2.84. The minimum atomic E-state index is 0.379. The van der Waals surface area contributed by atoms with E-state index in [1.807, 2.05) is 6.07 Å². The highest BCUT2D eigenvalue weighted by molar-refractivity contribution is 5.79. The lowest BCUT2D eigenvalue weighted by Crippen LogP contribution is -2.37. The summed E-state index contributed by atoms with van der Waals surface area (Å²) < 4.78 is 11.2. The molecule has 1 aliphatic rings. The van der Waals surface area contributed by atoms with Gasteiger partial charge in [0.05, 0.1) is 18.3 Å². The molecule has 1 aromatic rings. The highest BCUT2D eigenvalue weighted by Crippen LogP contribution is 2.20. The lowest BCUT2D eigenvalue weighted by atomic mass is 9.98. The van der Waals surface area contributed by atoms with E-state index in [0.29, 0.717) is 18.6 Å². The Balaban J connectivity index is 1.58. The molecule has 0 amide bonds. The van der Waals surface area contributed by atoms with Crippen LogP contribution in [-0.2, 0) is 11.3 Å². The van der Waals surface area contributed by atoms with Gasteiger partial charge in [0, 0.05) is 26.3 Å². The third kappa shape index (κ3) is 6.51. The highest BCUT2D eigenvalue weighted by Gasteiger charge is 2.13. The van der Waals surface area contributed by atoms with Crippen LogP contribution in [-0.4, -0.2) is 37.4 Å². The van der Waals surface area contributed by atoms with Crippen LogP contribution in [0.3, 0.4) is 0 Å². The van der Waals surface area contributed by atoms with E-state index in [2.05, 4.69) is 34.6 Å². The molecule has 0 aromatic carbocycles. The molecule has 2 rings (SSSR count). The van der Waals surface area contributed by atoms with E-state index < -0.39 is 0 Å². The zero-order chi connectivity index (χ0) is 17.2. The molecular formula is C18H32N4O2. The maximum Gasteiger partial charge on any atom is 0.191 e.